The van der Waals surface area contributed by atoms with Crippen LogP contribution < -0.4 is 10.2 Å². The highest BCUT2D eigenvalue weighted by atomic mass is 35.5. The number of piperidine rings is 1. The number of carbonyl (C=O) groups is 1. The normalized spacial score (nSPS) is 14.4. The van der Waals surface area contributed by atoms with Crippen molar-refractivity contribution in [1.29, 1.82) is 0 Å². The first-order valence-corrected chi connectivity index (χ1v) is 12.2. The monoisotopic (exact) mass is 524 g/mol. The summed E-state index contributed by atoms with van der Waals surface area (Å²) < 4.78 is 6.01. The van der Waals surface area contributed by atoms with Crippen LogP contribution in [0.1, 0.15) is 28.8 Å². The summed E-state index contributed by atoms with van der Waals surface area (Å²) in [5.41, 5.74) is 5.94. The lowest BCUT2D eigenvalue weighted by Gasteiger charge is -2.34. The molecular weight excluding hydrogens is 495 g/mol. The smallest absolute Gasteiger partial charge is 0.298 e. The zero-order valence-electron chi connectivity index (χ0n) is 20.6. The van der Waals surface area contributed by atoms with E-state index < -0.39 is 0 Å². The summed E-state index contributed by atoms with van der Waals surface area (Å²) in [6.45, 7) is 4.18. The van der Waals surface area contributed by atoms with Gasteiger partial charge < -0.3 is 19.5 Å². The van der Waals surface area contributed by atoms with Gasteiger partial charge >= 0.3 is 0 Å². The molecule has 1 aromatic heterocycles. The number of fused-ring (bicyclic) bond motifs is 1. The number of benzene rings is 3. The van der Waals surface area contributed by atoms with E-state index in [2.05, 4.69) is 22.2 Å². The molecule has 1 aliphatic rings. The van der Waals surface area contributed by atoms with Gasteiger partial charge in [0.1, 0.15) is 5.52 Å². The molecule has 0 radical (unpaired) electrons. The van der Waals surface area contributed by atoms with Crippen LogP contribution in [0.3, 0.4) is 0 Å². The Hall–Kier alpha value is -3.06. The summed E-state index contributed by atoms with van der Waals surface area (Å²) in [5.74, 6) is -0.170. The van der Waals surface area contributed by atoms with Gasteiger partial charge in [-0.05, 0) is 99.1 Å². The van der Waals surface area contributed by atoms with Gasteiger partial charge in [0, 0.05) is 29.4 Å². The molecule has 0 unspecified atom stereocenters. The van der Waals surface area contributed by atoms with Crippen molar-refractivity contribution in [3.63, 3.8) is 0 Å². The highest BCUT2D eigenvalue weighted by Gasteiger charge is 2.24. The van der Waals surface area contributed by atoms with E-state index in [1.165, 1.54) is 0 Å². The number of rotatable bonds is 5. The second kappa shape index (κ2) is 10.9. The van der Waals surface area contributed by atoms with E-state index in [9.17, 15) is 4.79 Å². The van der Waals surface area contributed by atoms with E-state index in [1.807, 2.05) is 74.6 Å². The number of nitrogens with one attached hydrogen (secondary N) is 1. The standard InChI is InChI=1S/C28H29ClN4O2.ClH/c1-18-16-21(29)8-10-24(18)19-4-6-20(7-5-19)27(34)30-22-9-11-26-25(17-22)31-28(35-26)33(3)23-12-14-32(2)15-13-23;/h4-11,16-17,23H,12-15H2,1-3H3,(H,30,34);1H. The zero-order chi connectivity index (χ0) is 24.5. The largest absolute Gasteiger partial charge is 0.423 e. The minimum Gasteiger partial charge on any atom is -0.423 e. The van der Waals surface area contributed by atoms with E-state index in [1.54, 1.807) is 0 Å². The summed E-state index contributed by atoms with van der Waals surface area (Å²) in [4.78, 5) is 22.0. The highest BCUT2D eigenvalue weighted by molar-refractivity contribution is 6.30. The van der Waals surface area contributed by atoms with Crippen molar-refractivity contribution in [2.45, 2.75) is 25.8 Å². The lowest BCUT2D eigenvalue weighted by atomic mass is 9.99. The van der Waals surface area contributed by atoms with Crippen molar-refractivity contribution in [2.24, 2.45) is 0 Å². The number of anilines is 2. The lowest BCUT2D eigenvalue weighted by Crippen LogP contribution is -2.42. The number of halogens is 2. The fraction of sp³-hybridized carbons (Fsp3) is 0.286. The number of carbonyl (C=O) groups excluding carboxylic acids is 1. The number of aromatic nitrogens is 1. The second-order valence-electron chi connectivity index (χ2n) is 9.32. The van der Waals surface area contributed by atoms with Crippen molar-refractivity contribution in [2.75, 3.05) is 37.4 Å². The van der Waals surface area contributed by atoms with Crippen LogP contribution in [-0.4, -0.2) is 49.0 Å². The van der Waals surface area contributed by atoms with Crippen LogP contribution in [0.4, 0.5) is 11.7 Å². The SMILES string of the molecule is Cc1cc(Cl)ccc1-c1ccc(C(=O)Nc2ccc3oc(N(C)C4CCN(C)CC4)nc3c2)cc1.Cl. The first-order chi connectivity index (χ1) is 16.9. The highest BCUT2D eigenvalue weighted by Crippen LogP contribution is 2.28. The predicted octanol–water partition coefficient (Wildman–Crippen LogP) is 6.66. The number of aryl methyl sites for hydroxylation is 1. The predicted molar refractivity (Wildman–Crippen MR) is 150 cm³/mol. The van der Waals surface area contributed by atoms with Crippen LogP contribution in [-0.2, 0) is 0 Å². The number of hydrogen-bond donors (Lipinski definition) is 1. The molecule has 4 aromatic rings. The Balaban J connectivity index is 0.00000304. The third-order valence-corrected chi connectivity index (χ3v) is 7.05. The molecule has 3 aromatic carbocycles. The Bertz CT molecular complexity index is 1360. The van der Waals surface area contributed by atoms with Crippen LogP contribution in [0.15, 0.2) is 65.1 Å². The number of hydrogen-bond acceptors (Lipinski definition) is 5. The Morgan fingerprint density at radius 3 is 2.50 bits per heavy atom. The van der Waals surface area contributed by atoms with E-state index in [0.717, 1.165) is 48.1 Å². The van der Waals surface area contributed by atoms with Crippen molar-refractivity contribution in [3.05, 3.63) is 76.8 Å². The Morgan fingerprint density at radius 2 is 1.81 bits per heavy atom. The average molecular weight is 525 g/mol. The molecule has 1 saturated heterocycles. The van der Waals surface area contributed by atoms with Crippen LogP contribution in [0.2, 0.25) is 5.02 Å². The fourth-order valence-corrected chi connectivity index (χ4v) is 4.86. The molecule has 0 saturated carbocycles. The molecule has 5 rings (SSSR count). The maximum absolute atomic E-state index is 12.9. The van der Waals surface area contributed by atoms with Crippen molar-refractivity contribution in [3.8, 4) is 11.1 Å². The van der Waals surface area contributed by atoms with Gasteiger partial charge in [-0.2, -0.15) is 4.98 Å². The van der Waals surface area contributed by atoms with Crippen LogP contribution in [0.5, 0.6) is 0 Å². The van der Waals surface area contributed by atoms with Gasteiger partial charge in [0.2, 0.25) is 0 Å². The fourth-order valence-electron chi connectivity index (χ4n) is 4.64. The van der Waals surface area contributed by atoms with E-state index in [0.29, 0.717) is 33.9 Å². The van der Waals surface area contributed by atoms with Crippen molar-refractivity contribution in [1.82, 2.24) is 9.88 Å². The summed E-state index contributed by atoms with van der Waals surface area (Å²) >= 11 is 6.07. The Morgan fingerprint density at radius 1 is 1.08 bits per heavy atom. The Labute approximate surface area is 222 Å². The van der Waals surface area contributed by atoms with Crippen LogP contribution in [0, 0.1) is 6.92 Å². The van der Waals surface area contributed by atoms with Crippen molar-refractivity contribution < 1.29 is 9.21 Å². The average Bonchev–Trinajstić information content (AvgIpc) is 3.28. The van der Waals surface area contributed by atoms with Crippen LogP contribution >= 0.6 is 24.0 Å². The number of amides is 1. The van der Waals surface area contributed by atoms with Gasteiger partial charge in [0.05, 0.1) is 0 Å². The minimum absolute atomic E-state index is 0. The molecule has 1 N–H and O–H groups in total. The van der Waals surface area contributed by atoms with Gasteiger partial charge in [0.15, 0.2) is 5.58 Å². The molecule has 1 amide bonds. The molecule has 1 aliphatic heterocycles. The first-order valence-electron chi connectivity index (χ1n) is 11.9. The number of nitrogens with zero attached hydrogens (tertiary/aromatic N) is 3. The minimum atomic E-state index is -0.170. The maximum atomic E-state index is 12.9. The summed E-state index contributed by atoms with van der Waals surface area (Å²) in [6, 6.07) is 20.0. The molecule has 188 valence electrons. The number of oxazole rings is 1. The van der Waals surface area contributed by atoms with Gasteiger partial charge in [-0.15, -0.1) is 12.4 Å². The molecule has 0 aliphatic carbocycles. The van der Waals surface area contributed by atoms with E-state index in [-0.39, 0.29) is 18.3 Å². The maximum Gasteiger partial charge on any atom is 0.298 e. The molecule has 8 heteroatoms. The third-order valence-electron chi connectivity index (χ3n) is 6.82. The van der Waals surface area contributed by atoms with Crippen molar-refractivity contribution >= 4 is 52.7 Å². The molecule has 36 heavy (non-hydrogen) atoms. The Kier molecular flexibility index (Phi) is 7.88. The molecule has 0 bridgehead atoms. The topological polar surface area (TPSA) is 61.6 Å². The van der Waals surface area contributed by atoms with Gasteiger partial charge in [-0.25, -0.2) is 0 Å². The zero-order valence-corrected chi connectivity index (χ0v) is 22.2. The van der Waals surface area contributed by atoms with Gasteiger partial charge in [0.25, 0.3) is 11.9 Å². The molecular formula is C28H30Cl2N4O2. The summed E-state index contributed by atoms with van der Waals surface area (Å²) in [5, 5.41) is 3.69. The third kappa shape index (κ3) is 5.51. The number of likely N-dealkylation sites (tertiary alicyclic amines) is 1. The van der Waals surface area contributed by atoms with Gasteiger partial charge in [-0.1, -0.05) is 29.8 Å². The second-order valence-corrected chi connectivity index (χ2v) is 9.75. The first kappa shape index (κ1) is 26.0. The van der Waals surface area contributed by atoms with E-state index in [4.69, 9.17) is 21.0 Å². The molecule has 2 heterocycles. The summed E-state index contributed by atoms with van der Waals surface area (Å²) in [6.07, 6.45) is 2.17. The van der Waals surface area contributed by atoms with Crippen LogP contribution in [0.25, 0.3) is 22.2 Å². The summed E-state index contributed by atoms with van der Waals surface area (Å²) in [7, 11) is 4.19. The molecule has 6 nitrogen and oxygen atoms in total. The quantitative estimate of drug-likeness (QED) is 0.316. The molecule has 0 spiro atoms. The van der Waals surface area contributed by atoms with Gasteiger partial charge in [-0.3, -0.25) is 4.79 Å². The lowest BCUT2D eigenvalue weighted by molar-refractivity contribution is 0.102. The van der Waals surface area contributed by atoms with E-state index >= 15 is 0 Å². The molecule has 0 atom stereocenters. The molecule has 1 fully saturated rings.